The van der Waals surface area contributed by atoms with Crippen LogP contribution >= 0.6 is 0 Å². The Morgan fingerprint density at radius 3 is 1.37 bits per heavy atom. The first-order valence-electron chi connectivity index (χ1n) is 7.51. The third-order valence-corrected chi connectivity index (χ3v) is 4.06. The maximum atomic E-state index is 10.5. The van der Waals surface area contributed by atoms with Gasteiger partial charge in [0.05, 0.1) is 5.75 Å². The molecule has 5 heteroatoms. The third-order valence-electron chi connectivity index (χ3n) is 3.26. The molecule has 0 unspecified atom stereocenters. The summed E-state index contributed by atoms with van der Waals surface area (Å²) in [6, 6.07) is 0. The van der Waals surface area contributed by atoms with E-state index in [-0.39, 0.29) is 46.3 Å². The monoisotopic (exact) mass is 320 g/mol. The fourth-order valence-electron chi connectivity index (χ4n) is 2.13. The van der Waals surface area contributed by atoms with Crippen LogP contribution in [0, 0.1) is 0 Å². The summed E-state index contributed by atoms with van der Waals surface area (Å²) in [6.07, 6.45) is 14.5. The van der Waals surface area contributed by atoms with E-state index in [1.807, 2.05) is 0 Å². The Balaban J connectivity index is -0.000000482. The summed E-state index contributed by atoms with van der Waals surface area (Å²) in [5, 5.41) is 0. The molecule has 0 rings (SSSR count). The molecule has 0 amide bonds. The van der Waals surface area contributed by atoms with E-state index in [1.165, 1.54) is 57.8 Å². The molecule has 114 valence electrons. The van der Waals surface area contributed by atoms with E-state index >= 15 is 0 Å². The first kappa shape index (κ1) is 22.5. The van der Waals surface area contributed by atoms with Crippen LogP contribution in [0.4, 0.5) is 0 Å². The Kier molecular flexibility index (Phi) is 18.4. The van der Waals surface area contributed by atoms with Crippen LogP contribution < -0.4 is 0 Å². The van der Waals surface area contributed by atoms with Crippen LogP contribution in [0.5, 0.6) is 0 Å². The fraction of sp³-hybridized carbons (Fsp3) is 1.00. The van der Waals surface area contributed by atoms with Gasteiger partial charge in [-0.3, -0.25) is 4.55 Å². The van der Waals surface area contributed by atoms with Gasteiger partial charge in [0.2, 0.25) is 0 Å². The standard InChI is InChI=1S/C14H30O3S.Ca.2H/c1-2-3-4-5-6-7-8-9-10-11-12-13-14-18(15,16)17;;;/h2-14H2,1H3,(H,15,16,17);;;/q;+2;2*-1. The quantitative estimate of drug-likeness (QED) is 0.310. The smallest absolute Gasteiger partial charge is 1.00 e. The van der Waals surface area contributed by atoms with Gasteiger partial charge in [-0.25, -0.2) is 0 Å². The van der Waals surface area contributed by atoms with Gasteiger partial charge in [-0.2, -0.15) is 8.42 Å². The normalized spacial score (nSPS) is 11.3. The topological polar surface area (TPSA) is 54.4 Å². The van der Waals surface area contributed by atoms with E-state index in [0.29, 0.717) is 6.42 Å². The molecule has 0 radical (unpaired) electrons. The van der Waals surface area contributed by atoms with Crippen molar-refractivity contribution in [3.63, 3.8) is 0 Å². The summed E-state index contributed by atoms with van der Waals surface area (Å²) < 4.78 is 29.5. The van der Waals surface area contributed by atoms with Crippen molar-refractivity contribution in [2.75, 3.05) is 5.75 Å². The molecule has 0 heterocycles. The summed E-state index contributed by atoms with van der Waals surface area (Å²) in [5.74, 6) is -0.0789. The first-order chi connectivity index (χ1) is 8.56. The van der Waals surface area contributed by atoms with E-state index in [1.54, 1.807) is 0 Å². The van der Waals surface area contributed by atoms with Gasteiger partial charge >= 0.3 is 37.7 Å². The second kappa shape index (κ2) is 15.6. The van der Waals surface area contributed by atoms with E-state index < -0.39 is 10.1 Å². The van der Waals surface area contributed by atoms with Crippen LogP contribution in [0.2, 0.25) is 0 Å². The van der Waals surface area contributed by atoms with Crippen LogP contribution in [-0.4, -0.2) is 56.5 Å². The van der Waals surface area contributed by atoms with Crippen LogP contribution in [0.3, 0.4) is 0 Å². The number of unbranched alkanes of at least 4 members (excludes halogenated alkanes) is 11. The van der Waals surface area contributed by atoms with Gasteiger partial charge in [-0.15, -0.1) is 0 Å². The molecule has 0 fully saturated rings. The zero-order valence-electron chi connectivity index (χ0n) is 14.6. The molecule has 0 saturated carbocycles. The van der Waals surface area contributed by atoms with Gasteiger partial charge in [-0.1, -0.05) is 77.6 Å². The van der Waals surface area contributed by atoms with Crippen LogP contribution in [0.25, 0.3) is 0 Å². The Morgan fingerprint density at radius 2 is 1.05 bits per heavy atom. The first-order valence-corrected chi connectivity index (χ1v) is 9.12. The van der Waals surface area contributed by atoms with E-state index in [2.05, 4.69) is 6.92 Å². The molecule has 3 nitrogen and oxygen atoms in total. The second-order valence-corrected chi connectivity index (χ2v) is 6.75. The predicted octanol–water partition coefficient (Wildman–Crippen LogP) is 4.42. The van der Waals surface area contributed by atoms with Crippen LogP contribution in [0.1, 0.15) is 86.8 Å². The van der Waals surface area contributed by atoms with Crippen LogP contribution in [0.15, 0.2) is 0 Å². The molecule has 0 aliphatic carbocycles. The van der Waals surface area contributed by atoms with Crippen molar-refractivity contribution in [1.29, 1.82) is 0 Å². The van der Waals surface area contributed by atoms with Crippen molar-refractivity contribution in [3.8, 4) is 0 Å². The summed E-state index contributed by atoms with van der Waals surface area (Å²) in [6.45, 7) is 2.24. The van der Waals surface area contributed by atoms with Crippen molar-refractivity contribution in [3.05, 3.63) is 0 Å². The molecule has 0 atom stereocenters. The molecule has 0 bridgehead atoms. The number of hydrogen-bond donors (Lipinski definition) is 1. The molecule has 0 aliphatic rings. The third kappa shape index (κ3) is 21.6. The molecule has 0 aliphatic heterocycles. The van der Waals surface area contributed by atoms with Gasteiger partial charge in [0.15, 0.2) is 0 Å². The minimum absolute atomic E-state index is 0. The summed E-state index contributed by atoms with van der Waals surface area (Å²) in [4.78, 5) is 0. The Morgan fingerprint density at radius 1 is 0.737 bits per heavy atom. The van der Waals surface area contributed by atoms with Crippen molar-refractivity contribution in [1.82, 2.24) is 0 Å². The van der Waals surface area contributed by atoms with E-state index in [9.17, 15) is 8.42 Å². The molecular formula is C14H32CaO3S. The largest absolute Gasteiger partial charge is 2.00 e. The summed E-state index contributed by atoms with van der Waals surface area (Å²) >= 11 is 0. The zero-order valence-corrected chi connectivity index (χ0v) is 15.6. The van der Waals surface area contributed by atoms with E-state index in [0.717, 1.165) is 12.8 Å². The summed E-state index contributed by atoms with van der Waals surface area (Å²) in [7, 11) is -3.74. The van der Waals surface area contributed by atoms with E-state index in [4.69, 9.17) is 4.55 Å². The maximum absolute atomic E-state index is 10.5. The van der Waals surface area contributed by atoms with Crippen molar-refractivity contribution in [2.45, 2.75) is 84.0 Å². The SMILES string of the molecule is CCCCCCCCCCCCCCS(=O)(=O)O.[Ca+2].[H-].[H-]. The molecule has 19 heavy (non-hydrogen) atoms. The molecule has 0 spiro atoms. The van der Waals surface area contributed by atoms with Gasteiger partial charge < -0.3 is 2.85 Å². The molecule has 0 aromatic carbocycles. The minimum atomic E-state index is -3.74. The molecule has 0 aromatic heterocycles. The minimum Gasteiger partial charge on any atom is -1.00 e. The molecule has 0 aromatic rings. The van der Waals surface area contributed by atoms with Gasteiger partial charge in [-0.05, 0) is 6.42 Å². The Labute approximate surface area is 152 Å². The molecule has 0 saturated heterocycles. The average molecular weight is 321 g/mol. The zero-order chi connectivity index (χ0) is 13.7. The Bertz CT molecular complexity index is 275. The number of rotatable bonds is 13. The number of hydrogen-bond acceptors (Lipinski definition) is 2. The van der Waals surface area contributed by atoms with Gasteiger partial charge in [0.25, 0.3) is 10.1 Å². The van der Waals surface area contributed by atoms with Crippen molar-refractivity contribution in [2.24, 2.45) is 0 Å². The fourth-order valence-corrected chi connectivity index (χ4v) is 2.69. The Hall–Kier alpha value is 1.17. The van der Waals surface area contributed by atoms with Crippen molar-refractivity contribution >= 4 is 47.9 Å². The molecular weight excluding hydrogens is 288 g/mol. The second-order valence-electron chi connectivity index (χ2n) is 5.18. The van der Waals surface area contributed by atoms with Crippen LogP contribution in [-0.2, 0) is 10.1 Å². The maximum Gasteiger partial charge on any atom is 2.00 e. The average Bonchev–Trinajstić information content (AvgIpc) is 2.29. The van der Waals surface area contributed by atoms with Crippen molar-refractivity contribution < 1.29 is 15.8 Å². The molecule has 1 N–H and O–H groups in total. The van der Waals surface area contributed by atoms with Gasteiger partial charge in [0, 0.05) is 0 Å². The summed E-state index contributed by atoms with van der Waals surface area (Å²) in [5.41, 5.74) is 0. The predicted molar refractivity (Wildman–Crippen MR) is 85.5 cm³/mol. The van der Waals surface area contributed by atoms with Gasteiger partial charge in [0.1, 0.15) is 0 Å².